The van der Waals surface area contributed by atoms with Gasteiger partial charge in [0.25, 0.3) is 5.91 Å². The minimum atomic E-state index is -0.620. The average molecular weight is 337 g/mol. The lowest BCUT2D eigenvalue weighted by atomic mass is 10.1. The zero-order chi connectivity index (χ0) is 14.7. The molecule has 0 bridgehead atoms. The molecule has 0 radical (unpaired) electrons. The molecule has 6 heteroatoms. The van der Waals surface area contributed by atoms with Gasteiger partial charge in [-0.05, 0) is 42.5 Å². The van der Waals surface area contributed by atoms with Crippen molar-refractivity contribution in [3.63, 3.8) is 0 Å². The van der Waals surface area contributed by atoms with Crippen molar-refractivity contribution in [3.05, 3.63) is 63.9 Å². The van der Waals surface area contributed by atoms with Crippen molar-refractivity contribution in [1.29, 1.82) is 0 Å². The normalized spacial score (nSPS) is 10.1. The van der Waals surface area contributed by atoms with Gasteiger partial charge in [-0.1, -0.05) is 15.9 Å². The van der Waals surface area contributed by atoms with Crippen LogP contribution in [0.4, 0.5) is 10.1 Å². The second kappa shape index (κ2) is 5.83. The maximum absolute atomic E-state index is 13.6. The number of hydrogen-bond donors (Lipinski definition) is 2. The fraction of sp³-hybridized carbons (Fsp3) is 0. The number of carbonyl (C=O) groups is 2. The predicted octanol–water partition coefficient (Wildman–Crippen LogP) is 2.94. The summed E-state index contributed by atoms with van der Waals surface area (Å²) in [6.45, 7) is 0. The van der Waals surface area contributed by atoms with E-state index >= 15 is 0 Å². The van der Waals surface area contributed by atoms with Crippen LogP contribution in [-0.4, -0.2) is 11.8 Å². The van der Waals surface area contributed by atoms with Crippen LogP contribution in [0.1, 0.15) is 20.7 Å². The van der Waals surface area contributed by atoms with Crippen LogP contribution in [0.25, 0.3) is 0 Å². The van der Waals surface area contributed by atoms with Crippen molar-refractivity contribution >= 4 is 33.4 Å². The highest BCUT2D eigenvalue weighted by Gasteiger charge is 2.12. The SMILES string of the molecule is NC(=O)c1ccc(NC(=O)c2ccc(Br)cc2F)cc1. The Morgan fingerprint density at radius 3 is 2.30 bits per heavy atom. The maximum Gasteiger partial charge on any atom is 0.258 e. The highest BCUT2D eigenvalue weighted by atomic mass is 79.9. The van der Waals surface area contributed by atoms with Gasteiger partial charge in [0.1, 0.15) is 5.82 Å². The topological polar surface area (TPSA) is 72.2 Å². The summed E-state index contributed by atoms with van der Waals surface area (Å²) in [6.07, 6.45) is 0. The molecule has 0 saturated heterocycles. The van der Waals surface area contributed by atoms with Gasteiger partial charge in [0.2, 0.25) is 5.91 Å². The zero-order valence-electron chi connectivity index (χ0n) is 10.2. The molecule has 20 heavy (non-hydrogen) atoms. The van der Waals surface area contributed by atoms with Gasteiger partial charge in [-0.3, -0.25) is 9.59 Å². The molecule has 3 N–H and O–H groups in total. The first kappa shape index (κ1) is 14.2. The molecule has 0 atom stereocenters. The van der Waals surface area contributed by atoms with Gasteiger partial charge in [0, 0.05) is 15.7 Å². The number of rotatable bonds is 3. The van der Waals surface area contributed by atoms with Crippen molar-refractivity contribution in [2.24, 2.45) is 5.73 Å². The Balaban J connectivity index is 2.17. The minimum absolute atomic E-state index is 0.0628. The van der Waals surface area contributed by atoms with Crippen LogP contribution >= 0.6 is 15.9 Å². The monoisotopic (exact) mass is 336 g/mol. The molecular formula is C14H10BrFN2O2. The maximum atomic E-state index is 13.6. The van der Waals surface area contributed by atoms with Crippen LogP contribution in [0.2, 0.25) is 0 Å². The molecule has 0 saturated carbocycles. The number of nitrogens with one attached hydrogen (secondary N) is 1. The molecule has 2 aromatic carbocycles. The van der Waals surface area contributed by atoms with E-state index in [9.17, 15) is 14.0 Å². The quantitative estimate of drug-likeness (QED) is 0.904. The molecule has 2 aromatic rings. The van der Waals surface area contributed by atoms with Gasteiger partial charge < -0.3 is 11.1 Å². The molecule has 0 spiro atoms. The van der Waals surface area contributed by atoms with Gasteiger partial charge in [-0.25, -0.2) is 4.39 Å². The van der Waals surface area contributed by atoms with Gasteiger partial charge >= 0.3 is 0 Å². The third-order valence-corrected chi connectivity index (χ3v) is 3.10. The Kier molecular flexibility index (Phi) is 4.14. The largest absolute Gasteiger partial charge is 0.366 e. The fourth-order valence-corrected chi connectivity index (χ4v) is 1.92. The van der Waals surface area contributed by atoms with Gasteiger partial charge in [-0.2, -0.15) is 0 Å². The van der Waals surface area contributed by atoms with E-state index in [1.165, 1.54) is 36.4 Å². The molecule has 0 aliphatic heterocycles. The Hall–Kier alpha value is -2.21. The van der Waals surface area contributed by atoms with Crippen molar-refractivity contribution in [2.45, 2.75) is 0 Å². The zero-order valence-corrected chi connectivity index (χ0v) is 11.8. The second-order valence-corrected chi connectivity index (χ2v) is 4.94. The van der Waals surface area contributed by atoms with E-state index in [4.69, 9.17) is 5.73 Å². The molecule has 0 aliphatic rings. The molecule has 102 valence electrons. The van der Waals surface area contributed by atoms with E-state index in [1.807, 2.05) is 0 Å². The van der Waals surface area contributed by atoms with Gasteiger partial charge in [0.05, 0.1) is 5.56 Å². The fourth-order valence-electron chi connectivity index (χ4n) is 1.59. The van der Waals surface area contributed by atoms with Gasteiger partial charge in [0.15, 0.2) is 0 Å². The molecule has 0 aromatic heterocycles. The van der Waals surface area contributed by atoms with E-state index in [1.54, 1.807) is 6.07 Å². The molecule has 2 amide bonds. The summed E-state index contributed by atoms with van der Waals surface area (Å²) >= 11 is 3.12. The molecule has 0 heterocycles. The van der Waals surface area contributed by atoms with Crippen molar-refractivity contribution < 1.29 is 14.0 Å². The first-order chi connectivity index (χ1) is 9.47. The van der Waals surface area contributed by atoms with E-state index in [-0.39, 0.29) is 5.56 Å². The van der Waals surface area contributed by atoms with E-state index in [2.05, 4.69) is 21.2 Å². The van der Waals surface area contributed by atoms with Crippen LogP contribution in [0.5, 0.6) is 0 Å². The van der Waals surface area contributed by atoms with Crippen LogP contribution in [0.3, 0.4) is 0 Å². The third kappa shape index (κ3) is 3.21. The van der Waals surface area contributed by atoms with Gasteiger partial charge in [-0.15, -0.1) is 0 Å². The molecule has 0 unspecified atom stereocenters. The number of nitrogens with two attached hydrogens (primary N) is 1. The van der Waals surface area contributed by atoms with Crippen LogP contribution in [-0.2, 0) is 0 Å². The first-order valence-corrected chi connectivity index (χ1v) is 6.43. The van der Waals surface area contributed by atoms with Crippen LogP contribution < -0.4 is 11.1 Å². The summed E-state index contributed by atoms with van der Waals surface area (Å²) in [5.74, 6) is -1.74. The first-order valence-electron chi connectivity index (χ1n) is 5.63. The number of hydrogen-bond acceptors (Lipinski definition) is 2. The van der Waals surface area contributed by atoms with Crippen molar-refractivity contribution in [1.82, 2.24) is 0 Å². The third-order valence-electron chi connectivity index (χ3n) is 2.60. The summed E-state index contributed by atoms with van der Waals surface area (Å²) < 4.78 is 14.2. The summed E-state index contributed by atoms with van der Waals surface area (Å²) in [4.78, 5) is 22.8. The van der Waals surface area contributed by atoms with Crippen molar-refractivity contribution in [3.8, 4) is 0 Å². The summed E-state index contributed by atoms with van der Waals surface area (Å²) in [7, 11) is 0. The minimum Gasteiger partial charge on any atom is -0.366 e. The molecule has 0 aliphatic carbocycles. The van der Waals surface area contributed by atoms with Crippen LogP contribution in [0, 0.1) is 5.82 Å². The number of amides is 2. The Morgan fingerprint density at radius 1 is 1.10 bits per heavy atom. The van der Waals surface area contributed by atoms with E-state index in [0.29, 0.717) is 15.7 Å². The number of anilines is 1. The smallest absolute Gasteiger partial charge is 0.258 e. The second-order valence-electron chi connectivity index (χ2n) is 4.02. The predicted molar refractivity (Wildman–Crippen MR) is 77.0 cm³/mol. The standard InChI is InChI=1S/C14H10BrFN2O2/c15-9-3-6-11(12(16)7-9)14(20)18-10-4-1-8(2-5-10)13(17)19/h1-7H,(H2,17,19)(H,18,20). The highest BCUT2D eigenvalue weighted by molar-refractivity contribution is 9.10. The Labute approximate surface area is 122 Å². The Morgan fingerprint density at radius 2 is 1.75 bits per heavy atom. The number of carbonyl (C=O) groups excluding carboxylic acids is 2. The lowest BCUT2D eigenvalue weighted by Gasteiger charge is -2.07. The van der Waals surface area contributed by atoms with E-state index in [0.717, 1.165) is 0 Å². The molecular weight excluding hydrogens is 327 g/mol. The Bertz CT molecular complexity index is 671. The molecule has 2 rings (SSSR count). The lowest BCUT2D eigenvalue weighted by Crippen LogP contribution is -2.14. The summed E-state index contributed by atoms with van der Waals surface area (Å²) in [5, 5.41) is 2.54. The summed E-state index contributed by atoms with van der Waals surface area (Å²) in [6, 6.07) is 10.2. The highest BCUT2D eigenvalue weighted by Crippen LogP contribution is 2.17. The van der Waals surface area contributed by atoms with Crippen molar-refractivity contribution in [2.75, 3.05) is 5.32 Å². The van der Waals surface area contributed by atoms with Crippen LogP contribution in [0.15, 0.2) is 46.9 Å². The number of halogens is 2. The average Bonchev–Trinajstić information content (AvgIpc) is 2.39. The molecule has 0 fully saturated rings. The summed E-state index contributed by atoms with van der Waals surface area (Å²) in [5.41, 5.74) is 5.82. The molecule has 4 nitrogen and oxygen atoms in total. The lowest BCUT2D eigenvalue weighted by molar-refractivity contribution is 0.0997. The van der Waals surface area contributed by atoms with E-state index < -0.39 is 17.6 Å². The number of primary amides is 1. The number of benzene rings is 2.